The first-order valence-electron chi connectivity index (χ1n) is 10.6. The number of ether oxygens (including phenoxy) is 1. The number of fused-ring (bicyclic) bond motifs is 1. The van der Waals surface area contributed by atoms with Crippen LogP contribution in [-0.2, 0) is 15.6 Å². The van der Waals surface area contributed by atoms with Crippen LogP contribution in [-0.4, -0.2) is 44.4 Å². The number of hydrogen-bond acceptors (Lipinski definition) is 3. The van der Waals surface area contributed by atoms with Crippen LogP contribution in [0.3, 0.4) is 0 Å². The Kier molecular flexibility index (Phi) is 8.61. The Balaban J connectivity index is 2.37. The second-order valence-electron chi connectivity index (χ2n) is 9.24. The van der Waals surface area contributed by atoms with Gasteiger partial charge in [-0.15, -0.1) is 0 Å². The SMILES string of the molecule is CC(C#C[Se]c1cc2c(cc1OCCCCCO)C(C)(C)CCC2(C)C)=CC(=O)O. The number of carboxylic acids is 1. The van der Waals surface area contributed by atoms with Crippen molar-refractivity contribution in [1.29, 1.82) is 0 Å². The molecule has 30 heavy (non-hydrogen) atoms. The summed E-state index contributed by atoms with van der Waals surface area (Å²) in [6, 6.07) is 4.51. The molecule has 0 bridgehead atoms. The molecule has 0 radical (unpaired) electrons. The quantitative estimate of drug-likeness (QED) is 0.258. The molecule has 2 N–H and O–H groups in total. The number of aliphatic hydroxyl groups excluding tert-OH is 1. The maximum atomic E-state index is 10.8. The first-order valence-corrected chi connectivity index (χ1v) is 12.3. The summed E-state index contributed by atoms with van der Waals surface area (Å²) in [6.07, 6.45) is 6.08. The van der Waals surface area contributed by atoms with Gasteiger partial charge >= 0.3 is 187 Å². The summed E-state index contributed by atoms with van der Waals surface area (Å²) >= 11 is -0.138. The summed E-state index contributed by atoms with van der Waals surface area (Å²) in [7, 11) is 0. The Bertz CT molecular complexity index is 856. The van der Waals surface area contributed by atoms with E-state index in [0.29, 0.717) is 12.2 Å². The number of aliphatic hydroxyl groups is 1. The first kappa shape index (κ1) is 24.5. The van der Waals surface area contributed by atoms with Crippen LogP contribution in [0.25, 0.3) is 0 Å². The Labute approximate surface area is 187 Å². The van der Waals surface area contributed by atoms with Gasteiger partial charge in [-0.3, -0.25) is 0 Å². The van der Waals surface area contributed by atoms with Gasteiger partial charge in [0.2, 0.25) is 0 Å². The zero-order valence-electron chi connectivity index (χ0n) is 18.8. The van der Waals surface area contributed by atoms with Crippen molar-refractivity contribution in [3.05, 3.63) is 34.9 Å². The molecule has 1 aromatic carbocycles. The Morgan fingerprint density at radius 1 is 1.13 bits per heavy atom. The van der Waals surface area contributed by atoms with Crippen molar-refractivity contribution in [2.45, 2.75) is 77.6 Å². The van der Waals surface area contributed by atoms with Crippen molar-refractivity contribution >= 4 is 25.4 Å². The molecule has 0 spiro atoms. The molecule has 164 valence electrons. The van der Waals surface area contributed by atoms with E-state index in [9.17, 15) is 4.79 Å². The van der Waals surface area contributed by atoms with Crippen molar-refractivity contribution in [2.24, 2.45) is 0 Å². The average molecular weight is 478 g/mol. The number of rotatable bonds is 8. The van der Waals surface area contributed by atoms with Crippen molar-refractivity contribution in [1.82, 2.24) is 0 Å². The van der Waals surface area contributed by atoms with Gasteiger partial charge < -0.3 is 0 Å². The second-order valence-corrected chi connectivity index (χ2v) is 11.0. The van der Waals surface area contributed by atoms with Crippen LogP contribution in [0.15, 0.2) is 23.8 Å². The molecule has 0 amide bonds. The van der Waals surface area contributed by atoms with E-state index in [-0.39, 0.29) is 32.4 Å². The predicted octanol–water partition coefficient (Wildman–Crippen LogP) is 3.90. The number of hydrogen-bond donors (Lipinski definition) is 2. The van der Waals surface area contributed by atoms with Gasteiger partial charge in [0.05, 0.1) is 0 Å². The Morgan fingerprint density at radius 3 is 2.37 bits per heavy atom. The fourth-order valence-electron chi connectivity index (χ4n) is 3.72. The number of aliphatic carboxylic acids is 1. The summed E-state index contributed by atoms with van der Waals surface area (Å²) in [4.78, 5) is 14.0. The third kappa shape index (κ3) is 6.64. The predicted molar refractivity (Wildman–Crippen MR) is 123 cm³/mol. The molecule has 5 heteroatoms. The molecule has 0 aromatic heterocycles. The number of benzene rings is 1. The summed E-state index contributed by atoms with van der Waals surface area (Å²) in [5.74, 6) is 2.89. The molecule has 0 atom stereocenters. The number of carbonyl (C=O) groups is 1. The Morgan fingerprint density at radius 2 is 1.77 bits per heavy atom. The van der Waals surface area contributed by atoms with Crippen LogP contribution < -0.4 is 9.20 Å². The van der Waals surface area contributed by atoms with Crippen LogP contribution in [0.1, 0.15) is 77.8 Å². The van der Waals surface area contributed by atoms with Crippen LogP contribution >= 0.6 is 0 Å². The molecule has 1 aromatic rings. The van der Waals surface area contributed by atoms with Crippen LogP contribution in [0.2, 0.25) is 0 Å². The molecule has 0 unspecified atom stereocenters. The molecule has 1 aliphatic rings. The summed E-state index contributed by atoms with van der Waals surface area (Å²) in [5, 5.41) is 17.8. The molecule has 1 aliphatic carbocycles. The van der Waals surface area contributed by atoms with Gasteiger partial charge in [-0.05, 0) is 0 Å². The molecule has 0 heterocycles. The molecule has 0 saturated heterocycles. The number of carboxylic acid groups (broad SMARTS) is 1. The van der Waals surface area contributed by atoms with Crippen molar-refractivity contribution in [2.75, 3.05) is 13.2 Å². The first-order chi connectivity index (χ1) is 14.1. The van der Waals surface area contributed by atoms with Gasteiger partial charge in [0, 0.05) is 0 Å². The van der Waals surface area contributed by atoms with E-state index < -0.39 is 5.97 Å². The van der Waals surface area contributed by atoms with Gasteiger partial charge in [0.1, 0.15) is 0 Å². The molecule has 4 nitrogen and oxygen atoms in total. The zero-order chi connectivity index (χ0) is 22.4. The van der Waals surface area contributed by atoms with Crippen LogP contribution in [0.5, 0.6) is 5.75 Å². The standard InChI is InChI=1S/C25H34O4Se/c1-18(15-23(27)28)9-14-30-22-17-20-19(24(2,3)10-11-25(20,4)5)16-21(22)29-13-8-6-7-12-26/h15-17,26H,6-8,10-13H2,1-5H3,(H,27,28). The summed E-state index contributed by atoms with van der Waals surface area (Å²) in [5.41, 5.74) is 3.51. The van der Waals surface area contributed by atoms with Crippen molar-refractivity contribution in [3.63, 3.8) is 0 Å². The van der Waals surface area contributed by atoms with Crippen LogP contribution in [0.4, 0.5) is 0 Å². The Hall–Kier alpha value is -1.73. The molecular formula is C25H34O4Se. The zero-order valence-corrected chi connectivity index (χ0v) is 20.5. The fourth-order valence-corrected chi connectivity index (χ4v) is 5.23. The van der Waals surface area contributed by atoms with Gasteiger partial charge in [-0.25, -0.2) is 0 Å². The number of unbranched alkanes of at least 4 members (excludes halogenated alkanes) is 2. The molecule has 0 saturated carbocycles. The average Bonchev–Trinajstić information content (AvgIpc) is 2.65. The third-order valence-corrected chi connectivity index (χ3v) is 7.29. The van der Waals surface area contributed by atoms with E-state index in [4.69, 9.17) is 14.9 Å². The van der Waals surface area contributed by atoms with E-state index in [0.717, 1.165) is 48.4 Å². The van der Waals surface area contributed by atoms with E-state index in [2.05, 4.69) is 50.6 Å². The van der Waals surface area contributed by atoms with Gasteiger partial charge in [-0.2, -0.15) is 0 Å². The van der Waals surface area contributed by atoms with Crippen molar-refractivity contribution in [3.8, 4) is 16.5 Å². The number of allylic oxidation sites excluding steroid dienone is 1. The van der Waals surface area contributed by atoms with Gasteiger partial charge in [-0.1, -0.05) is 0 Å². The minimum atomic E-state index is -0.973. The molecule has 2 rings (SSSR count). The molecule has 0 aliphatic heterocycles. The van der Waals surface area contributed by atoms with Crippen molar-refractivity contribution < 1.29 is 19.7 Å². The van der Waals surface area contributed by atoms with E-state index >= 15 is 0 Å². The van der Waals surface area contributed by atoms with E-state index in [1.165, 1.54) is 11.1 Å². The van der Waals surface area contributed by atoms with E-state index in [1.54, 1.807) is 6.92 Å². The molecule has 0 fully saturated rings. The second kappa shape index (κ2) is 10.5. The maximum absolute atomic E-state index is 10.8. The molecular weight excluding hydrogens is 443 g/mol. The topological polar surface area (TPSA) is 66.8 Å². The summed E-state index contributed by atoms with van der Waals surface area (Å²) < 4.78 is 7.31. The normalized spacial score (nSPS) is 16.9. The fraction of sp³-hybridized carbons (Fsp3) is 0.560. The van der Waals surface area contributed by atoms with Gasteiger partial charge in [0.25, 0.3) is 0 Å². The third-order valence-electron chi connectivity index (χ3n) is 5.73. The van der Waals surface area contributed by atoms with Crippen LogP contribution in [0, 0.1) is 10.7 Å². The summed E-state index contributed by atoms with van der Waals surface area (Å²) in [6.45, 7) is 11.8. The van der Waals surface area contributed by atoms with Gasteiger partial charge in [0.15, 0.2) is 0 Å². The monoisotopic (exact) mass is 478 g/mol. The van der Waals surface area contributed by atoms with E-state index in [1.807, 2.05) is 0 Å². The minimum absolute atomic E-state index is 0.109.